The van der Waals surface area contributed by atoms with Crippen LogP contribution in [0.5, 0.6) is 0 Å². The van der Waals surface area contributed by atoms with Gasteiger partial charge in [0.15, 0.2) is 9.84 Å². The van der Waals surface area contributed by atoms with E-state index in [0.29, 0.717) is 10.9 Å². The number of hydrogen-bond acceptors (Lipinski definition) is 4. The van der Waals surface area contributed by atoms with E-state index >= 15 is 0 Å². The molecule has 1 aliphatic rings. The minimum Gasteiger partial charge on any atom is -0.381 e. The molecule has 1 aliphatic heterocycles. The molecule has 1 fully saturated rings. The number of benzene rings is 1. The van der Waals surface area contributed by atoms with Crippen LogP contribution >= 0.6 is 0 Å². The van der Waals surface area contributed by atoms with Crippen molar-refractivity contribution in [3.63, 3.8) is 0 Å². The Morgan fingerprint density at radius 3 is 2.58 bits per heavy atom. The Balaban J connectivity index is 2.00. The van der Waals surface area contributed by atoms with Gasteiger partial charge in [-0.2, -0.15) is 0 Å². The number of piperidine rings is 1. The van der Waals surface area contributed by atoms with E-state index in [1.807, 2.05) is 12.1 Å². The first-order valence-electron chi connectivity index (χ1n) is 6.78. The predicted molar refractivity (Wildman–Crippen MR) is 78.3 cm³/mol. The topological polar surface area (TPSA) is 49.4 Å². The van der Waals surface area contributed by atoms with Gasteiger partial charge < -0.3 is 10.2 Å². The number of likely N-dealkylation sites (N-methyl/N-ethyl adjacent to an activating group) is 1. The summed E-state index contributed by atoms with van der Waals surface area (Å²) in [5, 5.41) is 3.49. The molecule has 2 rings (SSSR count). The third kappa shape index (κ3) is 3.94. The van der Waals surface area contributed by atoms with Gasteiger partial charge in [0.25, 0.3) is 0 Å². The van der Waals surface area contributed by atoms with E-state index in [2.05, 4.69) is 17.1 Å². The molecule has 1 aromatic carbocycles. The number of nitrogens with zero attached hydrogens (tertiary/aromatic N) is 1. The fraction of sp³-hybridized carbons (Fsp3) is 0.571. The van der Waals surface area contributed by atoms with Gasteiger partial charge in [-0.05, 0) is 50.2 Å². The normalized spacial score (nSPS) is 21.3. The highest BCUT2D eigenvalue weighted by molar-refractivity contribution is 7.90. The molecule has 0 bridgehead atoms. The SMILES string of the molecule is CCN1CCCC(Nc2ccc(S(C)(=O)=O)cc2)C1. The lowest BCUT2D eigenvalue weighted by molar-refractivity contribution is 0.227. The molecule has 0 spiro atoms. The van der Waals surface area contributed by atoms with E-state index in [1.54, 1.807) is 12.1 Å². The van der Waals surface area contributed by atoms with E-state index in [-0.39, 0.29) is 0 Å². The van der Waals surface area contributed by atoms with Crippen molar-refractivity contribution in [2.24, 2.45) is 0 Å². The van der Waals surface area contributed by atoms with Crippen LogP contribution in [0.25, 0.3) is 0 Å². The van der Waals surface area contributed by atoms with E-state index in [4.69, 9.17) is 0 Å². The molecule has 4 nitrogen and oxygen atoms in total. The monoisotopic (exact) mass is 282 g/mol. The third-order valence-corrected chi connectivity index (χ3v) is 4.73. The molecule has 19 heavy (non-hydrogen) atoms. The van der Waals surface area contributed by atoms with Crippen molar-refractivity contribution < 1.29 is 8.42 Å². The molecular formula is C14H22N2O2S. The summed E-state index contributed by atoms with van der Waals surface area (Å²) in [6.07, 6.45) is 3.62. The Morgan fingerprint density at radius 1 is 1.32 bits per heavy atom. The van der Waals surface area contributed by atoms with Crippen molar-refractivity contribution in [1.82, 2.24) is 4.90 Å². The van der Waals surface area contributed by atoms with Crippen LogP contribution in [0.1, 0.15) is 19.8 Å². The Bertz CT molecular complexity index is 511. The van der Waals surface area contributed by atoms with Crippen molar-refractivity contribution in [3.8, 4) is 0 Å². The lowest BCUT2D eigenvalue weighted by atomic mass is 10.1. The molecular weight excluding hydrogens is 260 g/mol. The summed E-state index contributed by atoms with van der Waals surface area (Å²) < 4.78 is 22.8. The van der Waals surface area contributed by atoms with Gasteiger partial charge >= 0.3 is 0 Å². The summed E-state index contributed by atoms with van der Waals surface area (Å²) in [6, 6.07) is 7.48. The van der Waals surface area contributed by atoms with Gasteiger partial charge in [0.1, 0.15) is 0 Å². The first kappa shape index (κ1) is 14.3. The summed E-state index contributed by atoms with van der Waals surface area (Å²) in [6.45, 7) is 5.51. The Kier molecular flexibility index (Phi) is 4.47. The second-order valence-corrected chi connectivity index (χ2v) is 7.19. The van der Waals surface area contributed by atoms with Crippen molar-refractivity contribution in [2.45, 2.75) is 30.7 Å². The molecule has 0 aliphatic carbocycles. The summed E-state index contributed by atoms with van der Waals surface area (Å²) in [4.78, 5) is 2.81. The maximum Gasteiger partial charge on any atom is 0.175 e. The molecule has 1 unspecified atom stereocenters. The van der Waals surface area contributed by atoms with Gasteiger partial charge in [-0.3, -0.25) is 0 Å². The van der Waals surface area contributed by atoms with Crippen molar-refractivity contribution in [1.29, 1.82) is 0 Å². The van der Waals surface area contributed by atoms with Crippen molar-refractivity contribution >= 4 is 15.5 Å². The van der Waals surface area contributed by atoms with Crippen LogP contribution in [-0.2, 0) is 9.84 Å². The largest absolute Gasteiger partial charge is 0.381 e. The molecule has 1 saturated heterocycles. The molecule has 0 saturated carbocycles. The van der Waals surface area contributed by atoms with E-state index in [0.717, 1.165) is 18.8 Å². The molecule has 0 amide bonds. The van der Waals surface area contributed by atoms with Crippen LogP contribution in [0.2, 0.25) is 0 Å². The maximum absolute atomic E-state index is 11.4. The van der Waals surface area contributed by atoms with Crippen LogP contribution in [0.15, 0.2) is 29.2 Å². The Labute approximate surface area is 115 Å². The first-order chi connectivity index (χ1) is 8.99. The number of likely N-dealkylation sites (tertiary alicyclic amines) is 1. The van der Waals surface area contributed by atoms with Gasteiger partial charge in [-0.15, -0.1) is 0 Å². The minimum absolute atomic E-state index is 0.372. The standard InChI is InChI=1S/C14H22N2O2S/c1-3-16-10-4-5-13(11-16)15-12-6-8-14(9-7-12)19(2,17)18/h6-9,13,15H,3-5,10-11H2,1-2H3. The average Bonchev–Trinajstić information content (AvgIpc) is 2.38. The molecule has 106 valence electrons. The minimum atomic E-state index is -3.10. The number of sulfone groups is 1. The van der Waals surface area contributed by atoms with Crippen LogP contribution in [-0.4, -0.2) is 45.2 Å². The lowest BCUT2D eigenvalue weighted by Crippen LogP contribution is -2.41. The molecule has 0 radical (unpaired) electrons. The van der Waals surface area contributed by atoms with Gasteiger partial charge in [0.2, 0.25) is 0 Å². The number of anilines is 1. The molecule has 1 heterocycles. The molecule has 1 N–H and O–H groups in total. The van der Waals surface area contributed by atoms with Crippen LogP contribution < -0.4 is 5.32 Å². The second kappa shape index (κ2) is 5.92. The van der Waals surface area contributed by atoms with Crippen LogP contribution in [0.3, 0.4) is 0 Å². The van der Waals surface area contributed by atoms with Gasteiger partial charge in [-0.25, -0.2) is 8.42 Å². The van der Waals surface area contributed by atoms with Crippen molar-refractivity contribution in [3.05, 3.63) is 24.3 Å². The number of nitrogens with one attached hydrogen (secondary N) is 1. The lowest BCUT2D eigenvalue weighted by Gasteiger charge is -2.32. The van der Waals surface area contributed by atoms with E-state index in [9.17, 15) is 8.42 Å². The molecule has 5 heteroatoms. The quantitative estimate of drug-likeness (QED) is 0.917. The fourth-order valence-electron chi connectivity index (χ4n) is 2.49. The van der Waals surface area contributed by atoms with Crippen molar-refractivity contribution in [2.75, 3.05) is 31.2 Å². The highest BCUT2D eigenvalue weighted by atomic mass is 32.2. The Hall–Kier alpha value is -1.07. The zero-order valence-corrected chi connectivity index (χ0v) is 12.4. The molecule has 0 aromatic heterocycles. The fourth-order valence-corrected chi connectivity index (χ4v) is 3.13. The van der Waals surface area contributed by atoms with Gasteiger partial charge in [0.05, 0.1) is 4.90 Å². The smallest absolute Gasteiger partial charge is 0.175 e. The zero-order chi connectivity index (χ0) is 13.9. The summed E-state index contributed by atoms with van der Waals surface area (Å²) >= 11 is 0. The second-order valence-electron chi connectivity index (χ2n) is 5.17. The highest BCUT2D eigenvalue weighted by Crippen LogP contribution is 2.18. The number of hydrogen-bond donors (Lipinski definition) is 1. The third-order valence-electron chi connectivity index (χ3n) is 3.61. The van der Waals surface area contributed by atoms with Crippen LogP contribution in [0, 0.1) is 0 Å². The number of rotatable bonds is 4. The molecule has 1 aromatic rings. The van der Waals surface area contributed by atoms with Crippen LogP contribution in [0.4, 0.5) is 5.69 Å². The van der Waals surface area contributed by atoms with E-state index in [1.165, 1.54) is 25.6 Å². The summed E-state index contributed by atoms with van der Waals surface area (Å²) in [7, 11) is -3.10. The molecule has 1 atom stereocenters. The van der Waals surface area contributed by atoms with E-state index < -0.39 is 9.84 Å². The summed E-state index contributed by atoms with van der Waals surface area (Å²) in [5.74, 6) is 0. The average molecular weight is 282 g/mol. The van der Waals surface area contributed by atoms with Gasteiger partial charge in [-0.1, -0.05) is 6.92 Å². The maximum atomic E-state index is 11.4. The first-order valence-corrected chi connectivity index (χ1v) is 8.67. The summed E-state index contributed by atoms with van der Waals surface area (Å²) in [5.41, 5.74) is 0.996. The Morgan fingerprint density at radius 2 is 2.00 bits per heavy atom. The van der Waals surface area contributed by atoms with Gasteiger partial charge in [0, 0.05) is 24.5 Å². The highest BCUT2D eigenvalue weighted by Gasteiger charge is 2.18. The predicted octanol–water partition coefficient (Wildman–Crippen LogP) is 1.99. The zero-order valence-electron chi connectivity index (χ0n) is 11.6.